The van der Waals surface area contributed by atoms with E-state index in [9.17, 15) is 0 Å². The molecule has 3 saturated heterocycles. The monoisotopic (exact) mass is 283 g/mol. The summed E-state index contributed by atoms with van der Waals surface area (Å²) in [5, 5.41) is 3.73. The Balaban J connectivity index is 1.60. The van der Waals surface area contributed by atoms with Gasteiger partial charge < -0.3 is 19.5 Å². The Morgan fingerprint density at radius 1 is 1.20 bits per heavy atom. The van der Waals surface area contributed by atoms with Gasteiger partial charge in [-0.3, -0.25) is 0 Å². The summed E-state index contributed by atoms with van der Waals surface area (Å²) in [6.45, 7) is 7.75. The van der Waals surface area contributed by atoms with E-state index < -0.39 is 0 Å². The van der Waals surface area contributed by atoms with Crippen molar-refractivity contribution in [2.24, 2.45) is 11.8 Å². The molecule has 4 unspecified atom stereocenters. The van der Waals surface area contributed by atoms with Crippen LogP contribution in [0.4, 0.5) is 0 Å². The summed E-state index contributed by atoms with van der Waals surface area (Å²) < 4.78 is 17.2. The highest BCUT2D eigenvalue weighted by atomic mass is 16.6. The van der Waals surface area contributed by atoms with Crippen LogP contribution in [-0.2, 0) is 14.2 Å². The molecule has 3 fully saturated rings. The maximum absolute atomic E-state index is 6.08. The van der Waals surface area contributed by atoms with E-state index in [0.29, 0.717) is 6.04 Å². The summed E-state index contributed by atoms with van der Waals surface area (Å²) in [6, 6.07) is 0.619. The Labute approximate surface area is 122 Å². The lowest BCUT2D eigenvalue weighted by Gasteiger charge is -2.41. The van der Waals surface area contributed by atoms with E-state index in [0.717, 1.165) is 64.3 Å². The zero-order valence-corrected chi connectivity index (χ0v) is 12.7. The Hall–Kier alpha value is -0.160. The molecule has 0 aliphatic carbocycles. The molecule has 0 bridgehead atoms. The lowest BCUT2D eigenvalue weighted by Crippen LogP contribution is -2.48. The number of hydrogen-bond donors (Lipinski definition) is 1. The second-order valence-corrected chi connectivity index (χ2v) is 6.72. The number of ether oxygens (including phenoxy) is 3. The minimum atomic E-state index is 0.0305. The van der Waals surface area contributed by atoms with Gasteiger partial charge in [-0.05, 0) is 44.1 Å². The van der Waals surface area contributed by atoms with E-state index in [1.54, 1.807) is 0 Å². The zero-order valence-electron chi connectivity index (χ0n) is 12.7. The number of nitrogens with one attached hydrogen (secondary N) is 1. The normalized spacial score (nSPS) is 39.5. The Morgan fingerprint density at radius 3 is 2.85 bits per heavy atom. The van der Waals surface area contributed by atoms with Crippen molar-refractivity contribution >= 4 is 0 Å². The van der Waals surface area contributed by atoms with Gasteiger partial charge in [0.2, 0.25) is 0 Å². The van der Waals surface area contributed by atoms with Gasteiger partial charge in [-0.15, -0.1) is 0 Å². The molecule has 4 heteroatoms. The average molecular weight is 283 g/mol. The highest BCUT2D eigenvalue weighted by molar-refractivity contribution is 4.94. The fourth-order valence-electron chi connectivity index (χ4n) is 4.11. The molecule has 0 aromatic rings. The molecule has 4 atom stereocenters. The molecule has 3 heterocycles. The van der Waals surface area contributed by atoms with Gasteiger partial charge in [0.15, 0.2) is 0 Å². The van der Waals surface area contributed by atoms with Crippen LogP contribution < -0.4 is 5.32 Å². The van der Waals surface area contributed by atoms with Crippen LogP contribution in [0.5, 0.6) is 0 Å². The lowest BCUT2D eigenvalue weighted by atomic mass is 9.78. The molecule has 3 aliphatic rings. The van der Waals surface area contributed by atoms with Crippen molar-refractivity contribution in [3.05, 3.63) is 0 Å². The van der Waals surface area contributed by atoms with Crippen LogP contribution in [0.1, 0.15) is 39.0 Å². The molecule has 0 aromatic carbocycles. The van der Waals surface area contributed by atoms with Crippen LogP contribution in [0.2, 0.25) is 0 Å². The highest BCUT2D eigenvalue weighted by Gasteiger charge is 2.43. The van der Waals surface area contributed by atoms with Gasteiger partial charge in [0.1, 0.15) is 0 Å². The standard InChI is InChI=1S/C16H29NO3/c1-2-17-15(9-13-3-6-18-11-13)14-4-7-20-16(10-14)5-8-19-12-16/h13-15,17H,2-12H2,1H3. The first-order chi connectivity index (χ1) is 9.81. The smallest absolute Gasteiger partial charge is 0.0939 e. The first kappa shape index (κ1) is 14.8. The van der Waals surface area contributed by atoms with E-state index in [1.807, 2.05) is 0 Å². The van der Waals surface area contributed by atoms with Gasteiger partial charge in [0, 0.05) is 38.9 Å². The predicted octanol–water partition coefficient (Wildman–Crippen LogP) is 1.98. The molecule has 3 aliphatic heterocycles. The average Bonchev–Trinajstić information content (AvgIpc) is 3.11. The van der Waals surface area contributed by atoms with Gasteiger partial charge in [-0.1, -0.05) is 6.92 Å². The van der Waals surface area contributed by atoms with Gasteiger partial charge >= 0.3 is 0 Å². The third-order valence-electron chi connectivity index (χ3n) is 5.24. The van der Waals surface area contributed by atoms with E-state index in [-0.39, 0.29) is 5.60 Å². The maximum Gasteiger partial charge on any atom is 0.0939 e. The second-order valence-electron chi connectivity index (χ2n) is 6.72. The second kappa shape index (κ2) is 6.73. The molecule has 0 aromatic heterocycles. The van der Waals surface area contributed by atoms with Crippen molar-refractivity contribution < 1.29 is 14.2 Å². The molecular weight excluding hydrogens is 254 g/mol. The predicted molar refractivity (Wildman–Crippen MR) is 77.9 cm³/mol. The van der Waals surface area contributed by atoms with Gasteiger partial charge in [0.25, 0.3) is 0 Å². The largest absolute Gasteiger partial charge is 0.381 e. The van der Waals surface area contributed by atoms with E-state index in [4.69, 9.17) is 14.2 Å². The fraction of sp³-hybridized carbons (Fsp3) is 1.00. The lowest BCUT2D eigenvalue weighted by molar-refractivity contribution is -0.104. The van der Waals surface area contributed by atoms with Crippen LogP contribution >= 0.6 is 0 Å². The first-order valence-corrected chi connectivity index (χ1v) is 8.34. The first-order valence-electron chi connectivity index (χ1n) is 8.34. The topological polar surface area (TPSA) is 39.7 Å². The molecule has 0 radical (unpaired) electrons. The maximum atomic E-state index is 6.08. The third-order valence-corrected chi connectivity index (χ3v) is 5.24. The van der Waals surface area contributed by atoms with Crippen molar-refractivity contribution in [3.8, 4) is 0 Å². The van der Waals surface area contributed by atoms with Crippen LogP contribution in [0.3, 0.4) is 0 Å². The summed E-state index contributed by atoms with van der Waals surface area (Å²) in [5.74, 6) is 1.48. The number of hydrogen-bond acceptors (Lipinski definition) is 4. The molecule has 4 nitrogen and oxygen atoms in total. The minimum Gasteiger partial charge on any atom is -0.381 e. The van der Waals surface area contributed by atoms with Crippen LogP contribution in [-0.4, -0.2) is 51.2 Å². The van der Waals surface area contributed by atoms with Crippen molar-refractivity contribution in [2.45, 2.75) is 50.7 Å². The minimum absolute atomic E-state index is 0.0305. The molecular formula is C16H29NO3. The van der Waals surface area contributed by atoms with Crippen molar-refractivity contribution in [3.63, 3.8) is 0 Å². The Kier molecular flexibility index (Phi) is 4.97. The quantitative estimate of drug-likeness (QED) is 0.837. The Bertz CT molecular complexity index is 296. The molecule has 0 saturated carbocycles. The summed E-state index contributed by atoms with van der Waals surface area (Å²) in [6.07, 6.45) is 5.93. The van der Waals surface area contributed by atoms with Crippen molar-refractivity contribution in [1.82, 2.24) is 5.32 Å². The molecule has 1 spiro atoms. The van der Waals surface area contributed by atoms with Gasteiger partial charge in [-0.2, -0.15) is 0 Å². The van der Waals surface area contributed by atoms with Crippen LogP contribution in [0.15, 0.2) is 0 Å². The van der Waals surface area contributed by atoms with Crippen LogP contribution in [0, 0.1) is 11.8 Å². The zero-order chi connectivity index (χ0) is 13.8. The molecule has 116 valence electrons. The van der Waals surface area contributed by atoms with E-state index in [1.165, 1.54) is 19.3 Å². The molecule has 1 N–H and O–H groups in total. The van der Waals surface area contributed by atoms with E-state index in [2.05, 4.69) is 12.2 Å². The SMILES string of the molecule is CCNC(CC1CCOC1)C1CCOC2(CCOC2)C1. The van der Waals surface area contributed by atoms with Crippen molar-refractivity contribution in [2.75, 3.05) is 39.6 Å². The third kappa shape index (κ3) is 3.35. The molecule has 3 rings (SSSR count). The highest BCUT2D eigenvalue weighted by Crippen LogP contribution is 2.38. The summed E-state index contributed by atoms with van der Waals surface area (Å²) in [7, 11) is 0. The van der Waals surface area contributed by atoms with Crippen molar-refractivity contribution in [1.29, 1.82) is 0 Å². The van der Waals surface area contributed by atoms with Crippen LogP contribution in [0.25, 0.3) is 0 Å². The summed E-state index contributed by atoms with van der Waals surface area (Å²) >= 11 is 0. The van der Waals surface area contributed by atoms with Gasteiger partial charge in [0.05, 0.1) is 12.2 Å². The van der Waals surface area contributed by atoms with Gasteiger partial charge in [-0.25, -0.2) is 0 Å². The number of rotatable bonds is 5. The summed E-state index contributed by atoms with van der Waals surface area (Å²) in [5.41, 5.74) is 0.0305. The Morgan fingerprint density at radius 2 is 2.15 bits per heavy atom. The van der Waals surface area contributed by atoms with E-state index >= 15 is 0 Å². The molecule has 20 heavy (non-hydrogen) atoms. The summed E-state index contributed by atoms with van der Waals surface area (Å²) in [4.78, 5) is 0. The fourth-order valence-corrected chi connectivity index (χ4v) is 4.11. The molecule has 0 amide bonds.